The molecule has 0 aliphatic carbocycles. The van der Waals surface area contributed by atoms with Crippen molar-refractivity contribution in [2.45, 2.75) is 25.5 Å². The fourth-order valence-electron chi connectivity index (χ4n) is 2.26. The predicted octanol–water partition coefficient (Wildman–Crippen LogP) is 3.90. The van der Waals surface area contributed by atoms with Gasteiger partial charge >= 0.3 is 0 Å². The van der Waals surface area contributed by atoms with E-state index in [4.69, 9.17) is 0 Å². The summed E-state index contributed by atoms with van der Waals surface area (Å²) in [5.41, 5.74) is 3.42. The molecule has 1 amide bonds. The van der Waals surface area contributed by atoms with Crippen LogP contribution in [0.2, 0.25) is 0 Å². The third-order valence-electron chi connectivity index (χ3n) is 3.89. The van der Waals surface area contributed by atoms with E-state index in [2.05, 4.69) is 33.6 Å². The first-order valence-electron chi connectivity index (χ1n) is 7.92. The Morgan fingerprint density at radius 3 is 2.68 bits per heavy atom. The maximum atomic E-state index is 12.3. The lowest BCUT2D eigenvalue weighted by atomic mass is 10.1. The van der Waals surface area contributed by atoms with Crippen molar-refractivity contribution in [2.75, 3.05) is 12.8 Å². The van der Waals surface area contributed by atoms with Gasteiger partial charge in [0.2, 0.25) is 11.1 Å². The first-order chi connectivity index (χ1) is 12.0. The fraction of sp³-hybridized carbons (Fsp3) is 0.278. The van der Waals surface area contributed by atoms with Crippen LogP contribution in [0.4, 0.5) is 0 Å². The quantitative estimate of drug-likeness (QED) is 0.667. The highest BCUT2D eigenvalue weighted by Crippen LogP contribution is 2.21. The molecule has 7 heteroatoms. The van der Waals surface area contributed by atoms with Gasteiger partial charge in [-0.25, -0.2) is 4.98 Å². The number of H-pyrrole nitrogens is 1. The number of carbonyl (C=O) groups is 1. The first-order valence-corrected chi connectivity index (χ1v) is 9.78. The molecule has 25 heavy (non-hydrogen) atoms. The zero-order chi connectivity index (χ0) is 17.8. The number of aromatic amines is 1. The maximum Gasteiger partial charge on any atom is 0.233 e. The van der Waals surface area contributed by atoms with Crippen molar-refractivity contribution in [1.82, 2.24) is 20.1 Å². The molecular formula is C18H20N4OS2. The summed E-state index contributed by atoms with van der Waals surface area (Å²) >= 11 is 3.03. The number of hydrogen-bond donors (Lipinski definition) is 1. The molecule has 0 aliphatic rings. The Morgan fingerprint density at radius 1 is 1.24 bits per heavy atom. The summed E-state index contributed by atoms with van der Waals surface area (Å²) < 4.78 is 0. The predicted molar refractivity (Wildman–Crippen MR) is 103 cm³/mol. The van der Waals surface area contributed by atoms with Crippen LogP contribution in [0.5, 0.6) is 0 Å². The minimum absolute atomic E-state index is 0.0690. The van der Waals surface area contributed by atoms with Gasteiger partial charge in [-0.1, -0.05) is 41.6 Å². The normalized spacial score (nSPS) is 10.8. The Balaban J connectivity index is 1.55. The van der Waals surface area contributed by atoms with E-state index in [9.17, 15) is 4.79 Å². The number of aryl methyl sites for hydroxylation is 2. The minimum Gasteiger partial charge on any atom is -0.340 e. The SMILES string of the molecule is Cc1ccc(-c2nc(SCC(=O)N(C)Cc3sccc3C)n[nH]2)cc1. The van der Waals surface area contributed by atoms with Crippen LogP contribution in [0.25, 0.3) is 11.4 Å². The van der Waals surface area contributed by atoms with E-state index in [-0.39, 0.29) is 5.91 Å². The van der Waals surface area contributed by atoms with E-state index in [0.717, 1.165) is 11.4 Å². The second-order valence-electron chi connectivity index (χ2n) is 5.90. The van der Waals surface area contributed by atoms with Crippen molar-refractivity contribution in [3.8, 4) is 11.4 Å². The molecule has 3 aromatic rings. The molecule has 0 radical (unpaired) electrons. The van der Waals surface area contributed by atoms with Crippen LogP contribution < -0.4 is 0 Å². The fourth-order valence-corrected chi connectivity index (χ4v) is 3.96. The molecule has 0 atom stereocenters. The highest BCUT2D eigenvalue weighted by atomic mass is 32.2. The Hall–Kier alpha value is -2.12. The van der Waals surface area contributed by atoms with Crippen LogP contribution in [0.3, 0.4) is 0 Å². The number of nitrogens with one attached hydrogen (secondary N) is 1. The van der Waals surface area contributed by atoms with Gasteiger partial charge in [0.05, 0.1) is 12.3 Å². The molecule has 1 N–H and O–H groups in total. The summed E-state index contributed by atoms with van der Waals surface area (Å²) in [4.78, 5) is 19.7. The van der Waals surface area contributed by atoms with Gasteiger partial charge in [0, 0.05) is 17.5 Å². The largest absolute Gasteiger partial charge is 0.340 e. The van der Waals surface area contributed by atoms with Gasteiger partial charge in [-0.3, -0.25) is 9.89 Å². The first kappa shape index (κ1) is 17.7. The van der Waals surface area contributed by atoms with Crippen molar-refractivity contribution < 1.29 is 4.79 Å². The molecule has 0 saturated carbocycles. The van der Waals surface area contributed by atoms with E-state index in [0.29, 0.717) is 17.5 Å². The summed E-state index contributed by atoms with van der Waals surface area (Å²) in [5, 5.41) is 9.77. The smallest absolute Gasteiger partial charge is 0.233 e. The van der Waals surface area contributed by atoms with Gasteiger partial charge in [0.25, 0.3) is 0 Å². The average molecular weight is 373 g/mol. The molecule has 2 heterocycles. The maximum absolute atomic E-state index is 12.3. The van der Waals surface area contributed by atoms with Crippen LogP contribution in [0.15, 0.2) is 40.9 Å². The number of hydrogen-bond acceptors (Lipinski definition) is 5. The van der Waals surface area contributed by atoms with Crippen molar-refractivity contribution in [1.29, 1.82) is 0 Å². The van der Waals surface area contributed by atoms with E-state index in [1.54, 1.807) is 16.2 Å². The molecule has 0 bridgehead atoms. The van der Waals surface area contributed by atoms with Crippen LogP contribution in [0.1, 0.15) is 16.0 Å². The summed E-state index contributed by atoms with van der Waals surface area (Å²) in [5.74, 6) is 1.11. The van der Waals surface area contributed by atoms with E-state index in [1.165, 1.54) is 27.8 Å². The molecule has 0 aliphatic heterocycles. The number of thioether (sulfide) groups is 1. The van der Waals surface area contributed by atoms with Crippen LogP contribution in [-0.2, 0) is 11.3 Å². The molecule has 2 aromatic heterocycles. The summed E-state index contributed by atoms with van der Waals surface area (Å²) in [6.45, 7) is 4.76. The van der Waals surface area contributed by atoms with Gasteiger partial charge in [-0.2, -0.15) is 0 Å². The number of amides is 1. The van der Waals surface area contributed by atoms with Crippen LogP contribution in [-0.4, -0.2) is 38.8 Å². The average Bonchev–Trinajstić information content (AvgIpc) is 3.23. The number of aromatic nitrogens is 3. The Labute approximate surface area is 155 Å². The zero-order valence-electron chi connectivity index (χ0n) is 14.4. The van der Waals surface area contributed by atoms with Gasteiger partial charge in [-0.05, 0) is 30.9 Å². The highest BCUT2D eigenvalue weighted by molar-refractivity contribution is 7.99. The van der Waals surface area contributed by atoms with Gasteiger partial charge in [0.15, 0.2) is 5.82 Å². The van der Waals surface area contributed by atoms with Crippen molar-refractivity contribution >= 4 is 29.0 Å². The van der Waals surface area contributed by atoms with Gasteiger partial charge in [0.1, 0.15) is 0 Å². The second-order valence-corrected chi connectivity index (χ2v) is 7.84. The van der Waals surface area contributed by atoms with Crippen LogP contribution in [0, 0.1) is 13.8 Å². The third kappa shape index (κ3) is 4.49. The summed E-state index contributed by atoms with van der Waals surface area (Å²) in [6.07, 6.45) is 0. The topological polar surface area (TPSA) is 61.9 Å². The number of benzene rings is 1. The third-order valence-corrected chi connectivity index (χ3v) is 5.73. The number of thiophene rings is 1. The summed E-state index contributed by atoms with van der Waals surface area (Å²) in [6, 6.07) is 10.2. The van der Waals surface area contributed by atoms with Crippen molar-refractivity contribution in [2.24, 2.45) is 0 Å². The molecule has 0 saturated heterocycles. The molecule has 130 valence electrons. The second kappa shape index (κ2) is 7.84. The standard InChI is InChI=1S/C18H20N4OS2/c1-12-4-6-14(7-5-12)17-19-18(21-20-17)25-11-16(23)22(3)10-15-13(2)8-9-24-15/h4-9H,10-11H2,1-3H3,(H,19,20,21). The Kier molecular flexibility index (Phi) is 5.55. The lowest BCUT2D eigenvalue weighted by Gasteiger charge is -2.16. The Bertz CT molecular complexity index is 854. The van der Waals surface area contributed by atoms with Crippen LogP contribution >= 0.6 is 23.1 Å². The molecule has 5 nitrogen and oxygen atoms in total. The van der Waals surface area contributed by atoms with Gasteiger partial charge in [-0.15, -0.1) is 16.4 Å². The molecule has 0 unspecified atom stereocenters. The van der Waals surface area contributed by atoms with Crippen molar-refractivity contribution in [3.05, 3.63) is 51.7 Å². The number of carbonyl (C=O) groups excluding carboxylic acids is 1. The Morgan fingerprint density at radius 2 is 2.00 bits per heavy atom. The monoisotopic (exact) mass is 372 g/mol. The molecule has 0 fully saturated rings. The van der Waals surface area contributed by atoms with E-state index in [1.807, 2.05) is 38.2 Å². The minimum atomic E-state index is 0.0690. The molecule has 3 rings (SSSR count). The molecule has 1 aromatic carbocycles. The van der Waals surface area contributed by atoms with Crippen molar-refractivity contribution in [3.63, 3.8) is 0 Å². The van der Waals surface area contributed by atoms with Gasteiger partial charge < -0.3 is 4.90 Å². The number of rotatable bonds is 6. The van der Waals surface area contributed by atoms with E-state index >= 15 is 0 Å². The van der Waals surface area contributed by atoms with E-state index < -0.39 is 0 Å². The molecular weight excluding hydrogens is 352 g/mol. The lowest BCUT2D eigenvalue weighted by Crippen LogP contribution is -2.27. The number of nitrogens with zero attached hydrogens (tertiary/aromatic N) is 3. The molecule has 0 spiro atoms. The lowest BCUT2D eigenvalue weighted by molar-refractivity contribution is -0.127. The zero-order valence-corrected chi connectivity index (χ0v) is 16.1. The highest BCUT2D eigenvalue weighted by Gasteiger charge is 2.14. The summed E-state index contributed by atoms with van der Waals surface area (Å²) in [7, 11) is 1.83.